The lowest BCUT2D eigenvalue weighted by Crippen LogP contribution is -2.32. The van der Waals surface area contributed by atoms with Crippen molar-refractivity contribution in [2.45, 2.75) is 52.0 Å². The number of hydrogen-bond donors (Lipinski definition) is 0. The third-order valence-electron chi connectivity index (χ3n) is 6.32. The maximum atomic E-state index is 13.7. The van der Waals surface area contributed by atoms with E-state index in [4.69, 9.17) is 0 Å². The summed E-state index contributed by atoms with van der Waals surface area (Å²) >= 11 is 0. The van der Waals surface area contributed by atoms with Crippen LogP contribution in [0.25, 0.3) is 10.8 Å². The van der Waals surface area contributed by atoms with E-state index >= 15 is 0 Å². The van der Waals surface area contributed by atoms with Gasteiger partial charge in [0.1, 0.15) is 0 Å². The number of aryl methyl sites for hydroxylation is 2. The van der Waals surface area contributed by atoms with E-state index in [9.17, 15) is 8.42 Å². The third-order valence-corrected chi connectivity index (χ3v) is 8.16. The molecule has 0 atom stereocenters. The van der Waals surface area contributed by atoms with E-state index in [1.165, 1.54) is 11.1 Å². The molecule has 0 fully saturated rings. The van der Waals surface area contributed by atoms with Crippen LogP contribution in [0.15, 0.2) is 65.6 Å². The average molecular weight is 453 g/mol. The largest absolute Gasteiger partial charge is 0.304 e. The Kier molecular flexibility index (Phi) is 8.46. The Morgan fingerprint density at radius 1 is 0.750 bits per heavy atom. The minimum Gasteiger partial charge on any atom is -0.304 e. The summed E-state index contributed by atoms with van der Waals surface area (Å²) in [7, 11) is -3.61. The Balaban J connectivity index is 1.85. The predicted molar refractivity (Wildman–Crippen MR) is 134 cm³/mol. The Bertz CT molecular complexity index is 1140. The third kappa shape index (κ3) is 5.97. The Morgan fingerprint density at radius 3 is 2.12 bits per heavy atom. The number of unbranched alkanes of at least 4 members (excludes halogenated alkanes) is 1. The standard InChI is InChI=1S/C27H36N2O2S/c1-5-28(6-2)17-9-10-18-29(21-24-14-13-22(3)23(4)19-24)32(30,31)27-16-15-25-11-7-8-12-26(25)20-27/h7-8,11-16,19-20H,5-6,9-10,17-18,21H2,1-4H3. The van der Waals surface area contributed by atoms with Gasteiger partial charge in [0.15, 0.2) is 0 Å². The van der Waals surface area contributed by atoms with Gasteiger partial charge in [-0.2, -0.15) is 4.31 Å². The summed E-state index contributed by atoms with van der Waals surface area (Å²) in [6, 6.07) is 19.5. The molecule has 0 bridgehead atoms. The van der Waals surface area contributed by atoms with Crippen LogP contribution in [0.2, 0.25) is 0 Å². The van der Waals surface area contributed by atoms with Gasteiger partial charge >= 0.3 is 0 Å². The molecular weight excluding hydrogens is 416 g/mol. The lowest BCUT2D eigenvalue weighted by Gasteiger charge is -2.24. The molecule has 0 saturated carbocycles. The van der Waals surface area contributed by atoms with Crippen molar-refractivity contribution in [1.82, 2.24) is 9.21 Å². The topological polar surface area (TPSA) is 40.6 Å². The normalized spacial score (nSPS) is 12.2. The van der Waals surface area contributed by atoms with E-state index in [0.717, 1.165) is 48.8 Å². The van der Waals surface area contributed by atoms with Crippen LogP contribution in [0, 0.1) is 13.8 Å². The number of sulfonamides is 1. The molecule has 5 heteroatoms. The number of rotatable bonds is 11. The molecule has 0 saturated heterocycles. The first kappa shape index (κ1) is 24.4. The molecule has 0 aromatic heterocycles. The fourth-order valence-corrected chi connectivity index (χ4v) is 5.53. The van der Waals surface area contributed by atoms with E-state index in [1.54, 1.807) is 16.4 Å². The second-order valence-electron chi connectivity index (χ2n) is 8.50. The quantitative estimate of drug-likeness (QED) is 0.347. The average Bonchev–Trinajstić information content (AvgIpc) is 2.80. The van der Waals surface area contributed by atoms with Crippen LogP contribution in [0.5, 0.6) is 0 Å². The zero-order valence-corrected chi connectivity index (χ0v) is 20.7. The molecule has 0 unspecified atom stereocenters. The Labute approximate surface area is 193 Å². The van der Waals surface area contributed by atoms with Gasteiger partial charge in [0, 0.05) is 13.1 Å². The summed E-state index contributed by atoms with van der Waals surface area (Å²) in [4.78, 5) is 2.75. The second kappa shape index (κ2) is 11.1. The molecular formula is C27H36N2O2S. The maximum absolute atomic E-state index is 13.7. The highest BCUT2D eigenvalue weighted by Crippen LogP contribution is 2.24. The maximum Gasteiger partial charge on any atom is 0.243 e. The van der Waals surface area contributed by atoms with Crippen LogP contribution in [0.4, 0.5) is 0 Å². The van der Waals surface area contributed by atoms with Gasteiger partial charge in [0.2, 0.25) is 10.0 Å². The molecule has 0 amide bonds. The van der Waals surface area contributed by atoms with Crippen LogP contribution in [-0.4, -0.2) is 43.8 Å². The minimum atomic E-state index is -3.61. The first-order valence-corrected chi connectivity index (χ1v) is 13.1. The van der Waals surface area contributed by atoms with Crippen LogP contribution in [0.3, 0.4) is 0 Å². The van der Waals surface area contributed by atoms with Gasteiger partial charge in [-0.25, -0.2) is 8.42 Å². The van der Waals surface area contributed by atoms with Gasteiger partial charge in [0.05, 0.1) is 4.90 Å². The van der Waals surface area contributed by atoms with Crippen molar-refractivity contribution in [1.29, 1.82) is 0 Å². The number of hydrogen-bond acceptors (Lipinski definition) is 3. The fraction of sp³-hybridized carbons (Fsp3) is 0.407. The SMILES string of the molecule is CCN(CC)CCCCN(Cc1ccc(C)c(C)c1)S(=O)(=O)c1ccc2ccccc2c1. The van der Waals surface area contributed by atoms with Crippen LogP contribution in [0.1, 0.15) is 43.4 Å². The van der Waals surface area contributed by atoms with E-state index in [2.05, 4.69) is 44.7 Å². The summed E-state index contributed by atoms with van der Waals surface area (Å²) in [5.74, 6) is 0. The van der Waals surface area contributed by atoms with Crippen LogP contribution in [-0.2, 0) is 16.6 Å². The molecule has 3 aromatic carbocycles. The molecule has 0 aliphatic rings. The molecule has 172 valence electrons. The van der Waals surface area contributed by atoms with Gasteiger partial charge in [-0.05, 0) is 85.9 Å². The summed E-state index contributed by atoms with van der Waals surface area (Å²) in [6.45, 7) is 12.4. The summed E-state index contributed by atoms with van der Waals surface area (Å²) in [6.07, 6.45) is 1.83. The number of nitrogens with zero attached hydrogens (tertiary/aromatic N) is 2. The number of benzene rings is 3. The second-order valence-corrected chi connectivity index (χ2v) is 10.4. The van der Waals surface area contributed by atoms with E-state index in [-0.39, 0.29) is 0 Å². The van der Waals surface area contributed by atoms with E-state index in [1.807, 2.05) is 36.4 Å². The molecule has 0 spiro atoms. The molecule has 0 heterocycles. The highest BCUT2D eigenvalue weighted by Gasteiger charge is 2.25. The van der Waals surface area contributed by atoms with Crippen LogP contribution >= 0.6 is 0 Å². The zero-order valence-electron chi connectivity index (χ0n) is 19.8. The molecule has 3 rings (SSSR count). The van der Waals surface area contributed by atoms with Crippen molar-refractivity contribution >= 4 is 20.8 Å². The minimum absolute atomic E-state index is 0.365. The summed E-state index contributed by atoms with van der Waals surface area (Å²) in [5, 5.41) is 1.99. The molecule has 3 aromatic rings. The number of fused-ring (bicyclic) bond motifs is 1. The lowest BCUT2D eigenvalue weighted by molar-refractivity contribution is 0.289. The highest BCUT2D eigenvalue weighted by atomic mass is 32.2. The molecule has 0 aliphatic carbocycles. The van der Waals surface area contributed by atoms with Crippen molar-refractivity contribution < 1.29 is 8.42 Å². The highest BCUT2D eigenvalue weighted by molar-refractivity contribution is 7.89. The van der Waals surface area contributed by atoms with Crippen molar-refractivity contribution in [3.63, 3.8) is 0 Å². The lowest BCUT2D eigenvalue weighted by atomic mass is 10.1. The van der Waals surface area contributed by atoms with Gasteiger partial charge in [-0.1, -0.05) is 62.4 Å². The van der Waals surface area contributed by atoms with Crippen molar-refractivity contribution in [3.05, 3.63) is 77.4 Å². The van der Waals surface area contributed by atoms with Gasteiger partial charge < -0.3 is 4.90 Å². The first-order chi connectivity index (χ1) is 15.3. The fourth-order valence-electron chi connectivity index (χ4n) is 4.03. The first-order valence-electron chi connectivity index (χ1n) is 11.6. The smallest absolute Gasteiger partial charge is 0.243 e. The molecule has 0 radical (unpaired) electrons. The monoisotopic (exact) mass is 452 g/mol. The van der Waals surface area contributed by atoms with Gasteiger partial charge in [-0.3, -0.25) is 0 Å². The molecule has 32 heavy (non-hydrogen) atoms. The van der Waals surface area contributed by atoms with Crippen molar-refractivity contribution in [2.75, 3.05) is 26.2 Å². The van der Waals surface area contributed by atoms with E-state index < -0.39 is 10.0 Å². The van der Waals surface area contributed by atoms with Crippen LogP contribution < -0.4 is 0 Å². The van der Waals surface area contributed by atoms with E-state index in [0.29, 0.717) is 18.0 Å². The predicted octanol–water partition coefficient (Wildman–Crippen LogP) is 5.77. The Hall–Kier alpha value is -2.21. The molecule has 4 nitrogen and oxygen atoms in total. The Morgan fingerprint density at radius 2 is 1.44 bits per heavy atom. The summed E-state index contributed by atoms with van der Waals surface area (Å²) in [5.41, 5.74) is 3.44. The molecule has 0 aliphatic heterocycles. The van der Waals surface area contributed by atoms with Crippen molar-refractivity contribution in [2.24, 2.45) is 0 Å². The molecule has 0 N–H and O–H groups in total. The van der Waals surface area contributed by atoms with Gasteiger partial charge in [0.25, 0.3) is 0 Å². The van der Waals surface area contributed by atoms with Crippen molar-refractivity contribution in [3.8, 4) is 0 Å². The summed E-state index contributed by atoms with van der Waals surface area (Å²) < 4.78 is 29.0. The zero-order chi connectivity index (χ0) is 23.1. The van der Waals surface area contributed by atoms with Gasteiger partial charge in [-0.15, -0.1) is 0 Å².